The van der Waals surface area contributed by atoms with Gasteiger partial charge in [0.25, 0.3) is 0 Å². The van der Waals surface area contributed by atoms with Crippen LogP contribution >= 0.6 is 0 Å². The van der Waals surface area contributed by atoms with Crippen LogP contribution in [0.2, 0.25) is 0 Å². The first-order chi connectivity index (χ1) is 10.8. The molecular weight excluding hydrogens is 282 g/mol. The number of ether oxygens (including phenoxy) is 1. The van der Waals surface area contributed by atoms with Crippen LogP contribution in [0.15, 0.2) is 40.2 Å². The number of guanidine groups is 1. The Kier molecular flexibility index (Phi) is 6.50. The Bertz CT molecular complexity index is 562. The zero-order chi connectivity index (χ0) is 15.6. The van der Waals surface area contributed by atoms with Gasteiger partial charge in [-0.3, -0.25) is 9.67 Å². The summed E-state index contributed by atoms with van der Waals surface area (Å²) in [4.78, 5) is 4.18. The zero-order valence-corrected chi connectivity index (χ0v) is 13.1. The smallest absolute Gasteiger partial charge is 0.191 e. The highest BCUT2D eigenvalue weighted by atomic mass is 16.5. The minimum Gasteiger partial charge on any atom is -0.467 e. The number of aryl methyl sites for hydroxylation is 1. The van der Waals surface area contributed by atoms with E-state index in [4.69, 9.17) is 9.15 Å². The minimum absolute atomic E-state index is 0.515. The van der Waals surface area contributed by atoms with Crippen LogP contribution in [0.4, 0.5) is 0 Å². The second-order valence-corrected chi connectivity index (χ2v) is 4.86. The van der Waals surface area contributed by atoms with Gasteiger partial charge >= 0.3 is 0 Å². The molecule has 2 heterocycles. The topological polar surface area (TPSA) is 76.6 Å². The molecule has 0 aliphatic rings. The lowest BCUT2D eigenvalue weighted by molar-refractivity contribution is 0.105. The average molecular weight is 305 g/mol. The SMILES string of the molecule is CN=C(NCCCOCc1ccco1)NCc1cnn(C)c1. The van der Waals surface area contributed by atoms with Gasteiger partial charge in [-0.25, -0.2) is 0 Å². The fourth-order valence-electron chi connectivity index (χ4n) is 1.92. The molecule has 0 unspecified atom stereocenters. The molecule has 0 aromatic carbocycles. The first kappa shape index (κ1) is 16.1. The van der Waals surface area contributed by atoms with E-state index in [9.17, 15) is 0 Å². The molecule has 0 saturated heterocycles. The third-order valence-corrected chi connectivity index (χ3v) is 3.02. The largest absolute Gasteiger partial charge is 0.467 e. The normalized spacial score (nSPS) is 11.6. The number of nitrogens with one attached hydrogen (secondary N) is 2. The predicted molar refractivity (Wildman–Crippen MR) is 84.4 cm³/mol. The van der Waals surface area contributed by atoms with Crippen LogP contribution in [0.1, 0.15) is 17.7 Å². The summed E-state index contributed by atoms with van der Waals surface area (Å²) in [7, 11) is 3.66. The van der Waals surface area contributed by atoms with E-state index in [0.29, 0.717) is 19.8 Å². The molecule has 22 heavy (non-hydrogen) atoms. The molecule has 0 aliphatic carbocycles. The van der Waals surface area contributed by atoms with Crippen molar-refractivity contribution in [2.45, 2.75) is 19.6 Å². The molecule has 2 aromatic heterocycles. The Morgan fingerprint density at radius 2 is 2.36 bits per heavy atom. The third-order valence-electron chi connectivity index (χ3n) is 3.02. The van der Waals surface area contributed by atoms with Crippen LogP contribution in [0, 0.1) is 0 Å². The van der Waals surface area contributed by atoms with Crippen LogP contribution < -0.4 is 10.6 Å². The van der Waals surface area contributed by atoms with Gasteiger partial charge in [-0.1, -0.05) is 0 Å². The summed E-state index contributed by atoms with van der Waals surface area (Å²) >= 11 is 0. The Morgan fingerprint density at radius 1 is 1.45 bits per heavy atom. The second-order valence-electron chi connectivity index (χ2n) is 4.86. The minimum atomic E-state index is 0.515. The molecule has 120 valence electrons. The van der Waals surface area contributed by atoms with E-state index >= 15 is 0 Å². The van der Waals surface area contributed by atoms with Gasteiger partial charge in [0.15, 0.2) is 5.96 Å². The Balaban J connectivity index is 1.54. The summed E-state index contributed by atoms with van der Waals surface area (Å²) in [6, 6.07) is 3.76. The maximum Gasteiger partial charge on any atom is 0.191 e. The summed E-state index contributed by atoms with van der Waals surface area (Å²) in [6.45, 7) is 2.68. The van der Waals surface area contributed by atoms with E-state index in [2.05, 4.69) is 20.7 Å². The maximum absolute atomic E-state index is 5.52. The quantitative estimate of drug-likeness (QED) is 0.436. The van der Waals surface area contributed by atoms with Crippen molar-refractivity contribution >= 4 is 5.96 Å². The Labute approximate surface area is 130 Å². The lowest BCUT2D eigenvalue weighted by Crippen LogP contribution is -2.37. The molecular formula is C15H23N5O2. The molecule has 0 spiro atoms. The number of nitrogens with zero attached hydrogens (tertiary/aromatic N) is 3. The third kappa shape index (κ3) is 5.61. The fourth-order valence-corrected chi connectivity index (χ4v) is 1.92. The highest BCUT2D eigenvalue weighted by molar-refractivity contribution is 5.79. The van der Waals surface area contributed by atoms with E-state index in [1.165, 1.54) is 0 Å². The van der Waals surface area contributed by atoms with Gasteiger partial charge in [-0.2, -0.15) is 5.10 Å². The molecule has 0 bridgehead atoms. The first-order valence-corrected chi connectivity index (χ1v) is 7.30. The standard InChI is InChI=1S/C15H23N5O2/c1-16-15(18-9-13-10-19-20(2)11-13)17-6-4-7-21-12-14-5-3-8-22-14/h3,5,8,10-11H,4,6-7,9,12H2,1-2H3,(H2,16,17,18). The molecule has 2 N–H and O–H groups in total. The van der Waals surface area contributed by atoms with Crippen molar-refractivity contribution < 1.29 is 9.15 Å². The fraction of sp³-hybridized carbons (Fsp3) is 0.467. The van der Waals surface area contributed by atoms with Crippen molar-refractivity contribution in [3.05, 3.63) is 42.1 Å². The van der Waals surface area contributed by atoms with Gasteiger partial charge in [0.1, 0.15) is 12.4 Å². The molecule has 0 fully saturated rings. The highest BCUT2D eigenvalue weighted by Crippen LogP contribution is 2.01. The van der Waals surface area contributed by atoms with E-state index in [1.54, 1.807) is 18.0 Å². The molecule has 7 nitrogen and oxygen atoms in total. The number of aromatic nitrogens is 2. The number of aliphatic imine (C=N–C) groups is 1. The molecule has 0 saturated carbocycles. The molecule has 0 amide bonds. The van der Waals surface area contributed by atoms with E-state index in [-0.39, 0.29) is 0 Å². The summed E-state index contributed by atoms with van der Waals surface area (Å²) in [5, 5.41) is 10.6. The van der Waals surface area contributed by atoms with Crippen molar-refractivity contribution in [2.24, 2.45) is 12.0 Å². The van der Waals surface area contributed by atoms with Crippen molar-refractivity contribution in [3.63, 3.8) is 0 Å². The number of furan rings is 1. The molecule has 0 radical (unpaired) electrons. The number of rotatable bonds is 8. The van der Waals surface area contributed by atoms with Crippen LogP contribution in [0.25, 0.3) is 0 Å². The molecule has 0 atom stereocenters. The van der Waals surface area contributed by atoms with Gasteiger partial charge in [-0.15, -0.1) is 0 Å². The first-order valence-electron chi connectivity index (χ1n) is 7.30. The van der Waals surface area contributed by atoms with E-state index < -0.39 is 0 Å². The van der Waals surface area contributed by atoms with Gasteiger partial charge in [0.2, 0.25) is 0 Å². The predicted octanol–water partition coefficient (Wildman–Crippen LogP) is 1.28. The zero-order valence-electron chi connectivity index (χ0n) is 13.1. The van der Waals surface area contributed by atoms with Gasteiger partial charge < -0.3 is 19.8 Å². The van der Waals surface area contributed by atoms with E-state index in [1.807, 2.05) is 31.6 Å². The Morgan fingerprint density at radius 3 is 3.05 bits per heavy atom. The lowest BCUT2D eigenvalue weighted by atomic mass is 10.3. The summed E-state index contributed by atoms with van der Waals surface area (Å²) in [5.41, 5.74) is 1.12. The van der Waals surface area contributed by atoms with Crippen LogP contribution in [-0.4, -0.2) is 35.9 Å². The van der Waals surface area contributed by atoms with Crippen molar-refractivity contribution in [1.29, 1.82) is 0 Å². The average Bonchev–Trinajstić information content (AvgIpc) is 3.17. The van der Waals surface area contributed by atoms with Crippen molar-refractivity contribution in [1.82, 2.24) is 20.4 Å². The van der Waals surface area contributed by atoms with Crippen LogP contribution in [0.5, 0.6) is 0 Å². The summed E-state index contributed by atoms with van der Waals surface area (Å²) in [5.74, 6) is 1.62. The monoisotopic (exact) mass is 305 g/mol. The second kappa shape index (κ2) is 8.89. The molecule has 2 aromatic rings. The van der Waals surface area contributed by atoms with Gasteiger partial charge in [-0.05, 0) is 18.6 Å². The summed E-state index contributed by atoms with van der Waals surface area (Å²) in [6.07, 6.45) is 6.36. The number of hydrogen-bond donors (Lipinski definition) is 2. The molecule has 0 aliphatic heterocycles. The lowest BCUT2D eigenvalue weighted by Gasteiger charge is -2.11. The van der Waals surface area contributed by atoms with E-state index in [0.717, 1.165) is 30.2 Å². The maximum atomic E-state index is 5.52. The van der Waals surface area contributed by atoms with Crippen LogP contribution in [0.3, 0.4) is 0 Å². The van der Waals surface area contributed by atoms with Crippen molar-refractivity contribution in [3.8, 4) is 0 Å². The van der Waals surface area contributed by atoms with Crippen molar-refractivity contribution in [2.75, 3.05) is 20.2 Å². The van der Waals surface area contributed by atoms with Crippen LogP contribution in [-0.2, 0) is 24.9 Å². The highest BCUT2D eigenvalue weighted by Gasteiger charge is 2.00. The number of hydrogen-bond acceptors (Lipinski definition) is 4. The molecule has 2 rings (SSSR count). The molecule has 7 heteroatoms. The van der Waals surface area contributed by atoms with Gasteiger partial charge in [0, 0.05) is 45.6 Å². The Hall–Kier alpha value is -2.28. The summed E-state index contributed by atoms with van der Waals surface area (Å²) < 4.78 is 12.5. The van der Waals surface area contributed by atoms with Gasteiger partial charge in [0.05, 0.1) is 12.5 Å².